The van der Waals surface area contributed by atoms with Gasteiger partial charge in [-0.1, -0.05) is 65.5 Å². The van der Waals surface area contributed by atoms with E-state index in [0.29, 0.717) is 12.3 Å². The van der Waals surface area contributed by atoms with Gasteiger partial charge in [0, 0.05) is 17.9 Å². The van der Waals surface area contributed by atoms with E-state index in [1.54, 1.807) is 0 Å². The molecule has 3 unspecified atom stereocenters. The van der Waals surface area contributed by atoms with Crippen molar-refractivity contribution in [2.45, 2.75) is 106 Å². The number of aryl methyl sites for hydroxylation is 2. The highest BCUT2D eigenvalue weighted by Crippen LogP contribution is 2.37. The fourth-order valence-corrected chi connectivity index (χ4v) is 4.89. The van der Waals surface area contributed by atoms with E-state index in [9.17, 15) is 14.4 Å². The summed E-state index contributed by atoms with van der Waals surface area (Å²) in [5.74, 6) is 0.766. The van der Waals surface area contributed by atoms with Gasteiger partial charge in [-0.3, -0.25) is 14.4 Å². The second kappa shape index (κ2) is 13.6. The lowest BCUT2D eigenvalue weighted by atomic mass is 9.71. The number of Topliss-reactive ketones (excluding diaryl/α,β-unsaturated/α-hetero) is 3. The predicted molar refractivity (Wildman–Crippen MR) is 130 cm³/mol. The number of hydrogen-bond donors (Lipinski definition) is 0. The topological polar surface area (TPSA) is 51.2 Å². The number of benzene rings is 1. The van der Waals surface area contributed by atoms with Crippen LogP contribution < -0.4 is 0 Å². The Morgan fingerprint density at radius 2 is 1.58 bits per heavy atom. The molecule has 1 aromatic carbocycles. The molecule has 0 bridgehead atoms. The first-order chi connectivity index (χ1) is 14.7. The van der Waals surface area contributed by atoms with Gasteiger partial charge in [-0.05, 0) is 68.6 Å². The molecule has 0 saturated heterocycles. The molecule has 0 fully saturated rings. The Bertz CT molecular complexity index is 745. The highest BCUT2D eigenvalue weighted by molar-refractivity contribution is 6.00. The van der Waals surface area contributed by atoms with Crippen LogP contribution in [-0.4, -0.2) is 17.3 Å². The average molecular weight is 429 g/mol. The molecule has 0 spiro atoms. The van der Waals surface area contributed by atoms with Gasteiger partial charge in [-0.25, -0.2) is 0 Å². The fourth-order valence-electron chi connectivity index (χ4n) is 4.89. The highest BCUT2D eigenvalue weighted by Gasteiger charge is 2.33. The third kappa shape index (κ3) is 8.01. The summed E-state index contributed by atoms with van der Waals surface area (Å²) < 4.78 is 0. The first-order valence-electron chi connectivity index (χ1n) is 12.3. The largest absolute Gasteiger partial charge is 0.300 e. The molecule has 31 heavy (non-hydrogen) atoms. The molecular weight excluding hydrogens is 384 g/mol. The van der Waals surface area contributed by atoms with E-state index in [0.717, 1.165) is 43.2 Å². The van der Waals surface area contributed by atoms with Crippen LogP contribution in [-0.2, 0) is 16.0 Å². The van der Waals surface area contributed by atoms with Crippen LogP contribution >= 0.6 is 0 Å². The molecule has 0 radical (unpaired) electrons. The summed E-state index contributed by atoms with van der Waals surface area (Å²) >= 11 is 0. The van der Waals surface area contributed by atoms with E-state index < -0.39 is 0 Å². The zero-order valence-corrected chi connectivity index (χ0v) is 21.0. The van der Waals surface area contributed by atoms with Crippen LogP contribution in [0, 0.1) is 31.6 Å². The number of rotatable bonds is 10. The predicted octanol–water partition coefficient (Wildman–Crippen LogP) is 7.24. The van der Waals surface area contributed by atoms with Gasteiger partial charge < -0.3 is 0 Å². The minimum absolute atomic E-state index is 0.0451. The summed E-state index contributed by atoms with van der Waals surface area (Å²) in [5.41, 5.74) is 4.40. The zero-order chi connectivity index (χ0) is 23.6. The lowest BCUT2D eigenvalue weighted by molar-refractivity contribution is -0.129. The normalized spacial score (nSPS) is 17.3. The summed E-state index contributed by atoms with van der Waals surface area (Å²) in [4.78, 5) is 36.9. The Kier molecular flexibility index (Phi) is 12.0. The minimum atomic E-state index is -0.0658. The molecule has 0 heterocycles. The van der Waals surface area contributed by atoms with Crippen molar-refractivity contribution in [3.63, 3.8) is 0 Å². The zero-order valence-electron chi connectivity index (χ0n) is 21.0. The third-order valence-corrected chi connectivity index (χ3v) is 6.64. The van der Waals surface area contributed by atoms with Crippen LogP contribution in [0.5, 0.6) is 0 Å². The van der Waals surface area contributed by atoms with Crippen LogP contribution in [0.1, 0.15) is 113 Å². The van der Waals surface area contributed by atoms with E-state index in [2.05, 4.69) is 33.8 Å². The Morgan fingerprint density at radius 3 is 2.10 bits per heavy atom. The molecule has 1 aliphatic rings. The average Bonchev–Trinajstić information content (AvgIpc) is 2.71. The SMILES string of the molecule is CCCC.CCCC(CC1CC(=O)c2c(C)ccc(C)c2C1)C(CC)C(=O)CC(C)=O. The molecule has 0 aliphatic heterocycles. The van der Waals surface area contributed by atoms with Gasteiger partial charge in [0.1, 0.15) is 11.6 Å². The van der Waals surface area contributed by atoms with Gasteiger partial charge in [0.2, 0.25) is 0 Å². The van der Waals surface area contributed by atoms with E-state index in [1.165, 1.54) is 30.9 Å². The van der Waals surface area contributed by atoms with Gasteiger partial charge in [0.05, 0.1) is 6.42 Å². The molecule has 3 heteroatoms. The maximum atomic E-state index is 12.8. The van der Waals surface area contributed by atoms with Crippen LogP contribution in [0.4, 0.5) is 0 Å². The fraction of sp³-hybridized carbons (Fsp3) is 0.679. The number of unbranched alkanes of at least 4 members (excludes halogenated alkanes) is 1. The number of ketones is 3. The standard InChI is InChI=1S/C24H34O3.C4H10/c1-6-8-19(20(7-2)22(26)11-17(5)25)12-18-13-21-15(3)9-10-16(4)24(21)23(27)14-18;1-3-4-2/h9-10,18-20H,6-8,11-14H2,1-5H3;3-4H2,1-2H3. The molecule has 0 N–H and O–H groups in total. The van der Waals surface area contributed by atoms with Gasteiger partial charge in [-0.15, -0.1) is 0 Å². The molecular formula is C28H44O3. The second-order valence-electron chi connectivity index (χ2n) is 9.39. The molecule has 3 atom stereocenters. The van der Waals surface area contributed by atoms with Crippen molar-refractivity contribution in [2.24, 2.45) is 17.8 Å². The first kappa shape index (κ1) is 27.3. The van der Waals surface area contributed by atoms with E-state index in [1.807, 2.05) is 19.9 Å². The molecule has 1 aromatic rings. The van der Waals surface area contributed by atoms with Crippen molar-refractivity contribution in [3.8, 4) is 0 Å². The van der Waals surface area contributed by atoms with Crippen LogP contribution in [0.25, 0.3) is 0 Å². The Labute approximate surface area is 190 Å². The molecule has 1 aliphatic carbocycles. The van der Waals surface area contributed by atoms with Gasteiger partial charge in [0.15, 0.2) is 5.78 Å². The summed E-state index contributed by atoms with van der Waals surface area (Å²) in [6.07, 6.45) is 7.85. The lowest BCUT2D eigenvalue weighted by Crippen LogP contribution is -2.30. The van der Waals surface area contributed by atoms with Gasteiger partial charge in [-0.2, -0.15) is 0 Å². The molecule has 0 amide bonds. The smallest absolute Gasteiger partial charge is 0.163 e. The van der Waals surface area contributed by atoms with Crippen LogP contribution in [0.2, 0.25) is 0 Å². The van der Waals surface area contributed by atoms with Crippen LogP contribution in [0.15, 0.2) is 12.1 Å². The van der Waals surface area contributed by atoms with Gasteiger partial charge in [0.25, 0.3) is 0 Å². The third-order valence-electron chi connectivity index (χ3n) is 6.64. The number of carbonyl (C=O) groups excluding carboxylic acids is 3. The second-order valence-corrected chi connectivity index (χ2v) is 9.39. The first-order valence-corrected chi connectivity index (χ1v) is 12.3. The maximum absolute atomic E-state index is 12.8. The van der Waals surface area contributed by atoms with Crippen molar-refractivity contribution < 1.29 is 14.4 Å². The van der Waals surface area contributed by atoms with Crippen molar-refractivity contribution in [2.75, 3.05) is 0 Å². The maximum Gasteiger partial charge on any atom is 0.163 e. The van der Waals surface area contributed by atoms with Crippen molar-refractivity contribution in [1.82, 2.24) is 0 Å². The molecule has 174 valence electrons. The molecule has 3 nitrogen and oxygen atoms in total. The number of carbonyl (C=O) groups is 3. The van der Waals surface area contributed by atoms with E-state index in [4.69, 9.17) is 0 Å². The molecule has 0 saturated carbocycles. The van der Waals surface area contributed by atoms with Crippen molar-refractivity contribution in [1.29, 1.82) is 0 Å². The Morgan fingerprint density at radius 1 is 0.968 bits per heavy atom. The summed E-state index contributed by atoms with van der Waals surface area (Å²) in [5, 5.41) is 0. The number of fused-ring (bicyclic) bond motifs is 1. The summed E-state index contributed by atoms with van der Waals surface area (Å²) in [7, 11) is 0. The van der Waals surface area contributed by atoms with Crippen LogP contribution in [0.3, 0.4) is 0 Å². The summed E-state index contributed by atoms with van der Waals surface area (Å²) in [6.45, 7) is 14.1. The lowest BCUT2D eigenvalue weighted by Gasteiger charge is -2.32. The molecule has 0 aromatic heterocycles. The van der Waals surface area contributed by atoms with Crippen molar-refractivity contribution >= 4 is 17.3 Å². The minimum Gasteiger partial charge on any atom is -0.300 e. The van der Waals surface area contributed by atoms with Gasteiger partial charge >= 0.3 is 0 Å². The number of hydrogen-bond acceptors (Lipinski definition) is 3. The van der Waals surface area contributed by atoms with E-state index >= 15 is 0 Å². The Balaban J connectivity index is 0.00000110. The quantitative estimate of drug-likeness (QED) is 0.369. The van der Waals surface area contributed by atoms with Crippen molar-refractivity contribution in [3.05, 3.63) is 34.4 Å². The summed E-state index contributed by atoms with van der Waals surface area (Å²) in [6, 6.07) is 4.15. The molecule has 2 rings (SSSR count). The van der Waals surface area contributed by atoms with E-state index in [-0.39, 0.29) is 35.6 Å². The highest BCUT2D eigenvalue weighted by atomic mass is 16.1. The Hall–Kier alpha value is -1.77. The monoisotopic (exact) mass is 428 g/mol.